The van der Waals surface area contributed by atoms with Crippen LogP contribution >= 0.6 is 0 Å². The second-order valence-corrected chi connectivity index (χ2v) is 6.08. The van der Waals surface area contributed by atoms with Crippen molar-refractivity contribution in [2.75, 3.05) is 5.73 Å². The number of halogens is 1. The van der Waals surface area contributed by atoms with Gasteiger partial charge in [-0.2, -0.15) is 0 Å². The van der Waals surface area contributed by atoms with E-state index >= 15 is 4.39 Å². The van der Waals surface area contributed by atoms with Gasteiger partial charge in [0.2, 0.25) is 0 Å². The molecule has 0 unspecified atom stereocenters. The van der Waals surface area contributed by atoms with Crippen LogP contribution in [0.4, 0.5) is 10.2 Å². The summed E-state index contributed by atoms with van der Waals surface area (Å²) in [6, 6.07) is 7.08. The zero-order valence-electron chi connectivity index (χ0n) is 13.5. The normalized spacial score (nSPS) is 14.1. The molecule has 1 fully saturated rings. The van der Waals surface area contributed by atoms with Crippen LogP contribution in [0, 0.1) is 5.82 Å². The van der Waals surface area contributed by atoms with Crippen molar-refractivity contribution in [2.24, 2.45) is 0 Å². The van der Waals surface area contributed by atoms with E-state index in [-0.39, 0.29) is 5.75 Å². The maximum atomic E-state index is 15.3. The number of anilines is 1. The van der Waals surface area contributed by atoms with Crippen molar-refractivity contribution in [1.29, 1.82) is 0 Å². The highest BCUT2D eigenvalue weighted by Crippen LogP contribution is 2.44. The molecule has 0 aliphatic heterocycles. The molecule has 126 valence electrons. The van der Waals surface area contributed by atoms with E-state index in [0.29, 0.717) is 28.7 Å². The Morgan fingerprint density at radius 3 is 2.48 bits per heavy atom. The molecule has 1 aliphatic carbocycles. The summed E-state index contributed by atoms with van der Waals surface area (Å²) in [5, 5.41) is 0. The lowest BCUT2D eigenvalue weighted by atomic mass is 9.79. The third-order valence-electron chi connectivity index (χ3n) is 4.49. The van der Waals surface area contributed by atoms with E-state index in [1.807, 2.05) is 6.07 Å². The Hall–Kier alpha value is -3.02. The minimum atomic E-state index is -0.430. The maximum absolute atomic E-state index is 15.3. The van der Waals surface area contributed by atoms with Crippen LogP contribution in [-0.2, 0) is 0 Å². The predicted octanol–water partition coefficient (Wildman–Crippen LogP) is 4.32. The molecule has 2 aromatic heterocycles. The second-order valence-electron chi connectivity index (χ2n) is 6.08. The lowest BCUT2D eigenvalue weighted by molar-refractivity contribution is 0.384. The molecule has 0 bridgehead atoms. The van der Waals surface area contributed by atoms with E-state index in [1.165, 1.54) is 12.4 Å². The highest BCUT2D eigenvalue weighted by Gasteiger charge is 2.27. The lowest BCUT2D eigenvalue weighted by Crippen LogP contribution is -2.11. The molecule has 0 atom stereocenters. The zero-order valence-corrected chi connectivity index (χ0v) is 13.5. The van der Waals surface area contributed by atoms with Crippen molar-refractivity contribution in [3.63, 3.8) is 0 Å². The lowest BCUT2D eigenvalue weighted by Gasteiger charge is -2.28. The Morgan fingerprint density at radius 1 is 1.04 bits per heavy atom. The summed E-state index contributed by atoms with van der Waals surface area (Å²) in [4.78, 5) is 12.1. The highest BCUT2D eigenvalue weighted by molar-refractivity contribution is 5.64. The number of nitrogens with two attached hydrogens (primary N) is 1. The van der Waals surface area contributed by atoms with Crippen LogP contribution in [0.2, 0.25) is 0 Å². The van der Waals surface area contributed by atoms with Gasteiger partial charge in [-0.3, -0.25) is 9.97 Å². The molecule has 1 aromatic carbocycles. The number of pyridine rings is 1. The standard InChI is InChI=1S/C19H17FN4O/c20-18-15(16-10-24-17(21)11-23-16)5-4-14(12-2-1-3-12)19(18)25-13-6-8-22-9-7-13/h4-12H,1-3H2,(H2,21,24). The van der Waals surface area contributed by atoms with Gasteiger partial charge in [-0.05, 0) is 37.0 Å². The Morgan fingerprint density at radius 2 is 1.84 bits per heavy atom. The molecule has 1 aliphatic rings. The van der Waals surface area contributed by atoms with Gasteiger partial charge in [0.15, 0.2) is 11.6 Å². The summed E-state index contributed by atoms with van der Waals surface area (Å²) in [5.74, 6) is 1.00. The molecular formula is C19H17FN4O. The molecule has 2 heterocycles. The van der Waals surface area contributed by atoms with Gasteiger partial charge < -0.3 is 10.5 Å². The molecule has 0 amide bonds. The SMILES string of the molecule is Nc1cnc(-c2ccc(C3CCC3)c(Oc3ccncc3)c2F)cn1. The molecular weight excluding hydrogens is 319 g/mol. The molecule has 3 aromatic rings. The highest BCUT2D eigenvalue weighted by atomic mass is 19.1. The number of ether oxygens (including phenoxy) is 1. The number of aromatic nitrogens is 3. The van der Waals surface area contributed by atoms with Crippen LogP contribution in [0.3, 0.4) is 0 Å². The Labute approximate surface area is 144 Å². The van der Waals surface area contributed by atoms with Crippen LogP contribution in [0.1, 0.15) is 30.7 Å². The monoisotopic (exact) mass is 336 g/mol. The Bertz CT molecular complexity index is 880. The molecule has 0 saturated heterocycles. The fourth-order valence-corrected chi connectivity index (χ4v) is 2.91. The van der Waals surface area contributed by atoms with Crippen molar-refractivity contribution in [1.82, 2.24) is 15.0 Å². The van der Waals surface area contributed by atoms with Crippen molar-refractivity contribution in [2.45, 2.75) is 25.2 Å². The van der Waals surface area contributed by atoms with E-state index in [0.717, 1.165) is 24.8 Å². The average molecular weight is 336 g/mol. The van der Waals surface area contributed by atoms with E-state index in [4.69, 9.17) is 10.5 Å². The second kappa shape index (κ2) is 6.47. The van der Waals surface area contributed by atoms with Gasteiger partial charge >= 0.3 is 0 Å². The van der Waals surface area contributed by atoms with Crippen molar-refractivity contribution in [3.05, 3.63) is 60.4 Å². The number of rotatable bonds is 4. The first-order valence-electron chi connectivity index (χ1n) is 8.20. The fourth-order valence-electron chi connectivity index (χ4n) is 2.91. The summed E-state index contributed by atoms with van der Waals surface area (Å²) < 4.78 is 21.2. The molecule has 25 heavy (non-hydrogen) atoms. The third-order valence-corrected chi connectivity index (χ3v) is 4.49. The number of hydrogen-bond donors (Lipinski definition) is 1. The van der Waals surface area contributed by atoms with Gasteiger partial charge in [0, 0.05) is 23.5 Å². The first-order valence-corrected chi connectivity index (χ1v) is 8.20. The predicted molar refractivity (Wildman–Crippen MR) is 92.7 cm³/mol. The largest absolute Gasteiger partial charge is 0.454 e. The smallest absolute Gasteiger partial charge is 0.175 e. The number of hydrogen-bond acceptors (Lipinski definition) is 5. The molecule has 0 radical (unpaired) electrons. The summed E-state index contributed by atoms with van der Waals surface area (Å²) in [5.41, 5.74) is 7.23. The summed E-state index contributed by atoms with van der Waals surface area (Å²) in [6.45, 7) is 0. The van der Waals surface area contributed by atoms with Gasteiger partial charge in [0.1, 0.15) is 11.6 Å². The molecule has 6 heteroatoms. The topological polar surface area (TPSA) is 73.9 Å². The van der Waals surface area contributed by atoms with E-state index in [1.54, 1.807) is 30.6 Å². The van der Waals surface area contributed by atoms with Crippen LogP contribution in [0.25, 0.3) is 11.3 Å². The van der Waals surface area contributed by atoms with Gasteiger partial charge in [0.25, 0.3) is 0 Å². The van der Waals surface area contributed by atoms with Crippen molar-refractivity contribution >= 4 is 5.82 Å². The first kappa shape index (κ1) is 15.5. The molecule has 1 saturated carbocycles. The van der Waals surface area contributed by atoms with Crippen LogP contribution in [0.5, 0.6) is 11.5 Å². The van der Waals surface area contributed by atoms with Gasteiger partial charge in [-0.25, -0.2) is 9.37 Å². The summed E-state index contributed by atoms with van der Waals surface area (Å²) in [7, 11) is 0. The van der Waals surface area contributed by atoms with E-state index < -0.39 is 5.82 Å². The van der Waals surface area contributed by atoms with E-state index in [2.05, 4.69) is 15.0 Å². The fraction of sp³-hybridized carbons (Fsp3) is 0.211. The van der Waals surface area contributed by atoms with Crippen molar-refractivity contribution < 1.29 is 9.13 Å². The maximum Gasteiger partial charge on any atom is 0.175 e. The van der Waals surface area contributed by atoms with Crippen molar-refractivity contribution in [3.8, 4) is 22.8 Å². The molecule has 0 spiro atoms. The molecule has 2 N–H and O–H groups in total. The van der Waals surface area contributed by atoms with Crippen LogP contribution in [0.15, 0.2) is 49.1 Å². The van der Waals surface area contributed by atoms with E-state index in [9.17, 15) is 0 Å². The first-order chi connectivity index (χ1) is 12.2. The molecule has 5 nitrogen and oxygen atoms in total. The Balaban J connectivity index is 1.79. The average Bonchev–Trinajstić information content (AvgIpc) is 2.59. The van der Waals surface area contributed by atoms with Gasteiger partial charge in [-0.1, -0.05) is 12.5 Å². The zero-order chi connectivity index (χ0) is 17.2. The molecule has 4 rings (SSSR count). The number of nitrogens with zero attached hydrogens (tertiary/aromatic N) is 3. The van der Waals surface area contributed by atoms with Gasteiger partial charge in [-0.15, -0.1) is 0 Å². The number of benzene rings is 1. The van der Waals surface area contributed by atoms with Gasteiger partial charge in [0.05, 0.1) is 18.1 Å². The van der Waals surface area contributed by atoms with Crippen LogP contribution < -0.4 is 10.5 Å². The minimum absolute atomic E-state index is 0.257. The Kier molecular flexibility index (Phi) is 4.01. The minimum Gasteiger partial charge on any atom is -0.454 e. The quantitative estimate of drug-likeness (QED) is 0.768. The summed E-state index contributed by atoms with van der Waals surface area (Å²) >= 11 is 0. The summed E-state index contributed by atoms with van der Waals surface area (Å²) in [6.07, 6.45) is 9.37. The third kappa shape index (κ3) is 3.03. The number of nitrogen functional groups attached to an aromatic ring is 1. The van der Waals surface area contributed by atoms with Crippen LogP contribution in [-0.4, -0.2) is 15.0 Å².